The number of rotatable bonds is 3. The first-order chi connectivity index (χ1) is 9.10. The van der Waals surface area contributed by atoms with Gasteiger partial charge in [-0.15, -0.1) is 0 Å². The zero-order chi connectivity index (χ0) is 13.8. The zero-order valence-corrected chi connectivity index (χ0v) is 11.6. The van der Waals surface area contributed by atoms with Crippen molar-refractivity contribution in [2.75, 3.05) is 27.2 Å². The Morgan fingerprint density at radius 1 is 1.53 bits per heavy atom. The first kappa shape index (κ1) is 14.0. The van der Waals surface area contributed by atoms with Gasteiger partial charge < -0.3 is 4.90 Å². The molecule has 3 nitrogen and oxygen atoms in total. The van der Waals surface area contributed by atoms with Crippen LogP contribution in [0.4, 0.5) is 4.39 Å². The number of nitriles is 1. The van der Waals surface area contributed by atoms with Gasteiger partial charge in [0.15, 0.2) is 0 Å². The summed E-state index contributed by atoms with van der Waals surface area (Å²) in [4.78, 5) is 4.50. The summed E-state index contributed by atoms with van der Waals surface area (Å²) in [6, 6.07) is 7.08. The molecule has 1 heterocycles. The third kappa shape index (κ3) is 3.52. The first-order valence-corrected chi connectivity index (χ1v) is 6.67. The van der Waals surface area contributed by atoms with E-state index in [1.54, 1.807) is 6.07 Å². The predicted molar refractivity (Wildman–Crippen MR) is 73.1 cm³/mol. The number of hydrogen-bond donors (Lipinski definition) is 0. The van der Waals surface area contributed by atoms with Gasteiger partial charge in [-0.25, -0.2) is 4.39 Å². The quantitative estimate of drug-likeness (QED) is 0.836. The van der Waals surface area contributed by atoms with E-state index in [2.05, 4.69) is 22.9 Å². The van der Waals surface area contributed by atoms with Gasteiger partial charge in [-0.05, 0) is 51.7 Å². The van der Waals surface area contributed by atoms with Crippen molar-refractivity contribution >= 4 is 0 Å². The maximum absolute atomic E-state index is 13.8. The van der Waals surface area contributed by atoms with E-state index in [9.17, 15) is 4.39 Å². The van der Waals surface area contributed by atoms with Gasteiger partial charge in [0, 0.05) is 24.7 Å². The van der Waals surface area contributed by atoms with Gasteiger partial charge >= 0.3 is 0 Å². The molecular weight excluding hydrogens is 241 g/mol. The van der Waals surface area contributed by atoms with Crippen molar-refractivity contribution in [1.82, 2.24) is 9.80 Å². The van der Waals surface area contributed by atoms with Gasteiger partial charge in [-0.3, -0.25) is 4.90 Å². The minimum atomic E-state index is -0.227. The number of hydrogen-bond acceptors (Lipinski definition) is 3. The molecule has 19 heavy (non-hydrogen) atoms. The molecule has 0 spiro atoms. The highest BCUT2D eigenvalue weighted by molar-refractivity contribution is 5.33. The summed E-state index contributed by atoms with van der Waals surface area (Å²) < 4.78 is 13.8. The minimum absolute atomic E-state index is 0.227. The Morgan fingerprint density at radius 2 is 2.32 bits per heavy atom. The van der Waals surface area contributed by atoms with Crippen LogP contribution in [0, 0.1) is 17.1 Å². The SMILES string of the molecule is CN1CCCC(N(C)Cc2cc(C#N)ccc2F)C1. The van der Waals surface area contributed by atoms with Crippen molar-refractivity contribution in [2.45, 2.75) is 25.4 Å². The van der Waals surface area contributed by atoms with Crippen molar-refractivity contribution < 1.29 is 4.39 Å². The Morgan fingerprint density at radius 3 is 3.00 bits per heavy atom. The normalized spacial score (nSPS) is 20.5. The molecule has 4 heteroatoms. The van der Waals surface area contributed by atoms with Crippen molar-refractivity contribution in [2.24, 2.45) is 0 Å². The first-order valence-electron chi connectivity index (χ1n) is 6.67. The van der Waals surface area contributed by atoms with E-state index in [1.165, 1.54) is 18.6 Å². The zero-order valence-electron chi connectivity index (χ0n) is 11.6. The molecule has 1 aliphatic rings. The van der Waals surface area contributed by atoms with Gasteiger partial charge in [-0.2, -0.15) is 5.26 Å². The van der Waals surface area contributed by atoms with Crippen LogP contribution < -0.4 is 0 Å². The molecular formula is C15H20FN3. The van der Waals surface area contributed by atoms with Crippen LogP contribution in [-0.4, -0.2) is 43.0 Å². The molecule has 1 unspecified atom stereocenters. The Kier molecular flexibility index (Phi) is 4.52. The van der Waals surface area contributed by atoms with E-state index in [0.29, 0.717) is 23.7 Å². The highest BCUT2D eigenvalue weighted by Crippen LogP contribution is 2.18. The predicted octanol–water partition coefficient (Wildman–Crippen LogP) is 2.22. The number of benzene rings is 1. The number of likely N-dealkylation sites (N-methyl/N-ethyl adjacent to an activating group) is 2. The fraction of sp³-hybridized carbons (Fsp3) is 0.533. The van der Waals surface area contributed by atoms with Crippen LogP contribution in [0.15, 0.2) is 18.2 Å². The van der Waals surface area contributed by atoms with Gasteiger partial charge in [0.05, 0.1) is 11.6 Å². The summed E-state index contributed by atoms with van der Waals surface area (Å²) in [6.07, 6.45) is 2.34. The van der Waals surface area contributed by atoms with Crippen LogP contribution in [0.5, 0.6) is 0 Å². The van der Waals surface area contributed by atoms with Gasteiger partial charge in [0.1, 0.15) is 5.82 Å². The van der Waals surface area contributed by atoms with Crippen LogP contribution in [0.25, 0.3) is 0 Å². The molecule has 0 aromatic heterocycles. The Hall–Kier alpha value is -1.44. The largest absolute Gasteiger partial charge is 0.305 e. The van der Waals surface area contributed by atoms with E-state index < -0.39 is 0 Å². The molecule has 1 aliphatic heterocycles. The van der Waals surface area contributed by atoms with E-state index in [-0.39, 0.29) is 5.82 Å². The average Bonchev–Trinajstić information content (AvgIpc) is 2.41. The maximum Gasteiger partial charge on any atom is 0.127 e. The van der Waals surface area contributed by atoms with E-state index in [1.807, 2.05) is 7.05 Å². The number of piperidine rings is 1. The summed E-state index contributed by atoms with van der Waals surface area (Å²) in [5.41, 5.74) is 1.13. The molecule has 1 atom stereocenters. The van der Waals surface area contributed by atoms with E-state index in [4.69, 9.17) is 5.26 Å². The lowest BCUT2D eigenvalue weighted by Crippen LogP contribution is -2.44. The van der Waals surface area contributed by atoms with Gasteiger partial charge in [-0.1, -0.05) is 0 Å². The van der Waals surface area contributed by atoms with Crippen molar-refractivity contribution in [1.29, 1.82) is 5.26 Å². The second kappa shape index (κ2) is 6.14. The van der Waals surface area contributed by atoms with Gasteiger partial charge in [0.25, 0.3) is 0 Å². The molecule has 1 aromatic rings. The third-order valence-corrected chi connectivity index (χ3v) is 3.82. The van der Waals surface area contributed by atoms with Crippen molar-refractivity contribution in [3.63, 3.8) is 0 Å². The smallest absolute Gasteiger partial charge is 0.127 e. The highest BCUT2D eigenvalue weighted by atomic mass is 19.1. The fourth-order valence-corrected chi connectivity index (χ4v) is 2.66. The lowest BCUT2D eigenvalue weighted by atomic mass is 10.0. The van der Waals surface area contributed by atoms with Crippen molar-refractivity contribution in [3.8, 4) is 6.07 Å². The minimum Gasteiger partial charge on any atom is -0.305 e. The second-order valence-electron chi connectivity index (χ2n) is 5.39. The van der Waals surface area contributed by atoms with Crippen LogP contribution in [0.3, 0.4) is 0 Å². The van der Waals surface area contributed by atoms with Crippen LogP contribution >= 0.6 is 0 Å². The molecule has 1 aromatic carbocycles. The Bertz CT molecular complexity index is 481. The fourth-order valence-electron chi connectivity index (χ4n) is 2.66. The van der Waals surface area contributed by atoms with E-state index >= 15 is 0 Å². The average molecular weight is 261 g/mol. The van der Waals surface area contributed by atoms with Crippen LogP contribution in [0.1, 0.15) is 24.0 Å². The summed E-state index contributed by atoms with van der Waals surface area (Å²) in [7, 11) is 4.15. The molecule has 2 rings (SSSR count). The lowest BCUT2D eigenvalue weighted by Gasteiger charge is -2.36. The Balaban J connectivity index is 2.06. The molecule has 0 radical (unpaired) electrons. The molecule has 0 aliphatic carbocycles. The Labute approximate surface area is 114 Å². The molecule has 0 amide bonds. The summed E-state index contributed by atoms with van der Waals surface area (Å²) in [5.74, 6) is -0.227. The van der Waals surface area contributed by atoms with Crippen molar-refractivity contribution in [3.05, 3.63) is 35.1 Å². The monoisotopic (exact) mass is 261 g/mol. The number of likely N-dealkylation sites (tertiary alicyclic amines) is 1. The lowest BCUT2D eigenvalue weighted by molar-refractivity contribution is 0.128. The summed E-state index contributed by atoms with van der Waals surface area (Å²) in [5, 5.41) is 8.88. The van der Waals surface area contributed by atoms with Gasteiger partial charge in [0.2, 0.25) is 0 Å². The second-order valence-corrected chi connectivity index (χ2v) is 5.39. The van der Waals surface area contributed by atoms with Crippen LogP contribution in [-0.2, 0) is 6.54 Å². The maximum atomic E-state index is 13.8. The summed E-state index contributed by atoms with van der Waals surface area (Å²) >= 11 is 0. The molecule has 102 valence electrons. The number of nitrogens with zero attached hydrogens (tertiary/aromatic N) is 3. The highest BCUT2D eigenvalue weighted by Gasteiger charge is 2.21. The van der Waals surface area contributed by atoms with Crippen LogP contribution in [0.2, 0.25) is 0 Å². The molecule has 1 saturated heterocycles. The molecule has 0 saturated carbocycles. The summed E-state index contributed by atoms with van der Waals surface area (Å²) in [6.45, 7) is 2.72. The molecule has 0 bridgehead atoms. The molecule has 1 fully saturated rings. The van der Waals surface area contributed by atoms with E-state index in [0.717, 1.165) is 19.5 Å². The molecule has 0 N–H and O–H groups in total. The standard InChI is InChI=1S/C15H20FN3/c1-18-7-3-4-14(11-18)19(2)10-13-8-12(9-17)5-6-15(13)16/h5-6,8,14H,3-4,7,10-11H2,1-2H3. The third-order valence-electron chi connectivity index (χ3n) is 3.82. The number of halogens is 1. The topological polar surface area (TPSA) is 30.3 Å².